The summed E-state index contributed by atoms with van der Waals surface area (Å²) in [6.07, 6.45) is 0. The van der Waals surface area contributed by atoms with Crippen LogP contribution in [0.15, 0.2) is 48.5 Å². The largest absolute Gasteiger partial charge is 0.497 e. The van der Waals surface area contributed by atoms with E-state index >= 15 is 0 Å². The molecule has 2 rings (SSSR count). The van der Waals surface area contributed by atoms with E-state index in [0.29, 0.717) is 13.2 Å². The Morgan fingerprint density at radius 1 is 1.00 bits per heavy atom. The fourth-order valence-electron chi connectivity index (χ4n) is 1.71. The van der Waals surface area contributed by atoms with Crippen molar-refractivity contribution in [1.29, 1.82) is 0 Å². The minimum absolute atomic E-state index is 0.518. The zero-order chi connectivity index (χ0) is 12.8. The Morgan fingerprint density at radius 3 is 2.61 bits per heavy atom. The summed E-state index contributed by atoms with van der Waals surface area (Å²) in [7, 11) is 1.66. The number of hydrogen-bond donors (Lipinski definition) is 1. The molecule has 0 aromatic heterocycles. The highest BCUT2D eigenvalue weighted by molar-refractivity contribution is 5.45. The van der Waals surface area contributed by atoms with Gasteiger partial charge >= 0.3 is 0 Å². The van der Waals surface area contributed by atoms with Crippen molar-refractivity contribution in [2.24, 2.45) is 0 Å². The molecule has 0 spiro atoms. The lowest BCUT2D eigenvalue weighted by molar-refractivity contribution is 0.107. The van der Waals surface area contributed by atoms with Crippen molar-refractivity contribution < 1.29 is 9.47 Å². The van der Waals surface area contributed by atoms with E-state index in [1.165, 1.54) is 0 Å². The van der Waals surface area contributed by atoms with E-state index in [1.807, 2.05) is 48.5 Å². The van der Waals surface area contributed by atoms with Crippen LogP contribution in [0.2, 0.25) is 0 Å². The molecular formula is C15H17NO2. The van der Waals surface area contributed by atoms with Crippen LogP contribution in [-0.2, 0) is 18.0 Å². The number of benzene rings is 2. The lowest BCUT2D eigenvalue weighted by Crippen LogP contribution is -1.98. The highest BCUT2D eigenvalue weighted by Crippen LogP contribution is 2.15. The van der Waals surface area contributed by atoms with Gasteiger partial charge in [-0.2, -0.15) is 0 Å². The predicted molar refractivity (Wildman–Crippen MR) is 72.3 cm³/mol. The molecule has 94 valence electrons. The molecule has 2 aromatic carbocycles. The zero-order valence-electron chi connectivity index (χ0n) is 10.4. The second kappa shape index (κ2) is 6.07. The van der Waals surface area contributed by atoms with Crippen molar-refractivity contribution in [2.75, 3.05) is 12.8 Å². The fourth-order valence-corrected chi connectivity index (χ4v) is 1.71. The van der Waals surface area contributed by atoms with Crippen LogP contribution in [0.3, 0.4) is 0 Å². The maximum absolute atomic E-state index is 5.85. The summed E-state index contributed by atoms with van der Waals surface area (Å²) in [6, 6.07) is 15.6. The third-order valence-electron chi connectivity index (χ3n) is 2.72. The third-order valence-corrected chi connectivity index (χ3v) is 2.72. The van der Waals surface area contributed by atoms with Gasteiger partial charge in [0.1, 0.15) is 5.75 Å². The lowest BCUT2D eigenvalue weighted by atomic mass is 10.2. The van der Waals surface area contributed by atoms with Gasteiger partial charge in [0.15, 0.2) is 0 Å². The lowest BCUT2D eigenvalue weighted by Gasteiger charge is -2.08. The zero-order valence-corrected chi connectivity index (χ0v) is 10.4. The number of anilines is 1. The average molecular weight is 243 g/mol. The van der Waals surface area contributed by atoms with Crippen LogP contribution in [0.5, 0.6) is 5.75 Å². The maximum Gasteiger partial charge on any atom is 0.119 e. The molecule has 0 aliphatic rings. The van der Waals surface area contributed by atoms with E-state index in [0.717, 1.165) is 22.6 Å². The molecule has 0 heterocycles. The standard InChI is InChI=1S/C15H17NO2/c1-17-14-7-4-5-12(9-14)10-18-11-13-6-2-3-8-15(13)16/h2-9H,10-11,16H2,1H3. The Balaban J connectivity index is 1.90. The second-order valence-corrected chi connectivity index (χ2v) is 4.04. The molecule has 0 unspecified atom stereocenters. The molecule has 0 amide bonds. The summed E-state index contributed by atoms with van der Waals surface area (Å²) in [6.45, 7) is 1.06. The molecule has 2 aromatic rings. The van der Waals surface area contributed by atoms with Gasteiger partial charge in [0.2, 0.25) is 0 Å². The highest BCUT2D eigenvalue weighted by atomic mass is 16.5. The van der Waals surface area contributed by atoms with E-state index in [2.05, 4.69) is 0 Å². The molecule has 2 N–H and O–H groups in total. The summed E-state index contributed by atoms with van der Waals surface area (Å²) < 4.78 is 10.8. The molecule has 0 atom stereocenters. The first-order chi connectivity index (χ1) is 8.79. The van der Waals surface area contributed by atoms with E-state index in [-0.39, 0.29) is 0 Å². The first-order valence-corrected chi connectivity index (χ1v) is 5.83. The summed E-state index contributed by atoms with van der Waals surface area (Å²) >= 11 is 0. The normalized spacial score (nSPS) is 10.3. The molecule has 0 saturated carbocycles. The number of ether oxygens (including phenoxy) is 2. The van der Waals surface area contributed by atoms with E-state index < -0.39 is 0 Å². The van der Waals surface area contributed by atoms with Gasteiger partial charge < -0.3 is 15.2 Å². The van der Waals surface area contributed by atoms with Crippen LogP contribution >= 0.6 is 0 Å². The van der Waals surface area contributed by atoms with Crippen LogP contribution in [-0.4, -0.2) is 7.11 Å². The SMILES string of the molecule is COc1cccc(COCc2ccccc2N)c1. The van der Waals surface area contributed by atoms with Crippen molar-refractivity contribution in [3.63, 3.8) is 0 Å². The van der Waals surface area contributed by atoms with Crippen molar-refractivity contribution in [3.8, 4) is 5.75 Å². The van der Waals surface area contributed by atoms with Gasteiger partial charge in [-0.1, -0.05) is 30.3 Å². The van der Waals surface area contributed by atoms with E-state index in [1.54, 1.807) is 7.11 Å². The monoisotopic (exact) mass is 243 g/mol. The molecule has 0 aliphatic carbocycles. The van der Waals surface area contributed by atoms with Gasteiger partial charge in [0.25, 0.3) is 0 Å². The smallest absolute Gasteiger partial charge is 0.119 e. The number of nitrogens with two attached hydrogens (primary N) is 1. The second-order valence-electron chi connectivity index (χ2n) is 4.04. The molecule has 0 fully saturated rings. The quantitative estimate of drug-likeness (QED) is 0.821. The van der Waals surface area contributed by atoms with Gasteiger partial charge in [-0.05, 0) is 23.8 Å². The van der Waals surface area contributed by atoms with Gasteiger partial charge in [0, 0.05) is 11.3 Å². The molecule has 3 heteroatoms. The van der Waals surface area contributed by atoms with Crippen LogP contribution in [0.25, 0.3) is 0 Å². The van der Waals surface area contributed by atoms with Crippen LogP contribution in [0.1, 0.15) is 11.1 Å². The Kier molecular flexibility index (Phi) is 4.20. The Bertz CT molecular complexity index is 511. The minimum Gasteiger partial charge on any atom is -0.497 e. The Labute approximate surface area is 107 Å². The average Bonchev–Trinajstić information content (AvgIpc) is 2.41. The van der Waals surface area contributed by atoms with Crippen molar-refractivity contribution >= 4 is 5.69 Å². The van der Waals surface area contributed by atoms with Gasteiger partial charge in [-0.15, -0.1) is 0 Å². The number of para-hydroxylation sites is 1. The summed E-state index contributed by atoms with van der Waals surface area (Å²) in [5.74, 6) is 0.843. The Hall–Kier alpha value is -2.00. The van der Waals surface area contributed by atoms with Gasteiger partial charge in [-0.25, -0.2) is 0 Å². The van der Waals surface area contributed by atoms with E-state index in [9.17, 15) is 0 Å². The molecule has 0 aliphatic heterocycles. The first kappa shape index (κ1) is 12.5. The highest BCUT2D eigenvalue weighted by Gasteiger charge is 1.99. The number of rotatable bonds is 5. The topological polar surface area (TPSA) is 44.5 Å². The molecule has 0 radical (unpaired) electrons. The van der Waals surface area contributed by atoms with Gasteiger partial charge in [0.05, 0.1) is 20.3 Å². The maximum atomic E-state index is 5.85. The summed E-state index contributed by atoms with van der Waals surface area (Å²) in [5.41, 5.74) is 8.71. The molecular weight excluding hydrogens is 226 g/mol. The van der Waals surface area contributed by atoms with Crippen LogP contribution < -0.4 is 10.5 Å². The molecule has 18 heavy (non-hydrogen) atoms. The van der Waals surface area contributed by atoms with E-state index in [4.69, 9.17) is 15.2 Å². The van der Waals surface area contributed by atoms with Gasteiger partial charge in [-0.3, -0.25) is 0 Å². The predicted octanol–water partition coefficient (Wildman–Crippen LogP) is 2.99. The number of nitrogen functional groups attached to an aromatic ring is 1. The van der Waals surface area contributed by atoms with Crippen molar-refractivity contribution in [1.82, 2.24) is 0 Å². The van der Waals surface area contributed by atoms with Crippen molar-refractivity contribution in [3.05, 3.63) is 59.7 Å². The molecule has 0 bridgehead atoms. The van der Waals surface area contributed by atoms with Crippen LogP contribution in [0, 0.1) is 0 Å². The number of hydrogen-bond acceptors (Lipinski definition) is 3. The van der Waals surface area contributed by atoms with Crippen molar-refractivity contribution in [2.45, 2.75) is 13.2 Å². The first-order valence-electron chi connectivity index (χ1n) is 5.83. The minimum atomic E-state index is 0.518. The Morgan fingerprint density at radius 2 is 1.83 bits per heavy atom. The molecule has 0 saturated heterocycles. The summed E-state index contributed by atoms with van der Waals surface area (Å²) in [4.78, 5) is 0. The fraction of sp³-hybridized carbons (Fsp3) is 0.200. The number of methoxy groups -OCH3 is 1. The third kappa shape index (κ3) is 3.25. The summed E-state index contributed by atoms with van der Waals surface area (Å²) in [5, 5.41) is 0. The van der Waals surface area contributed by atoms with Crippen LogP contribution in [0.4, 0.5) is 5.69 Å². The molecule has 3 nitrogen and oxygen atoms in total.